The molecule has 0 aromatic heterocycles. The molecule has 0 amide bonds. The number of benzene rings is 1. The summed E-state index contributed by atoms with van der Waals surface area (Å²) in [6, 6.07) is 4.99. The highest BCUT2D eigenvalue weighted by molar-refractivity contribution is 5.70. The van der Waals surface area contributed by atoms with E-state index in [4.69, 9.17) is 10.2 Å². The lowest BCUT2D eigenvalue weighted by Crippen LogP contribution is -2.12. The van der Waals surface area contributed by atoms with Gasteiger partial charge in [-0.05, 0) is 36.6 Å². The van der Waals surface area contributed by atoms with E-state index >= 15 is 0 Å². The van der Waals surface area contributed by atoms with Gasteiger partial charge in [0.25, 0.3) is 0 Å². The number of rotatable bonds is 3. The summed E-state index contributed by atoms with van der Waals surface area (Å²) in [5, 5.41) is 17.9. The minimum Gasteiger partial charge on any atom is -0.508 e. The summed E-state index contributed by atoms with van der Waals surface area (Å²) in [4.78, 5) is 10.6. The molecule has 0 heterocycles. The number of carbonyl (C=O) groups is 1. The maximum atomic E-state index is 10.6. The first-order chi connectivity index (χ1) is 6.50. The quantitative estimate of drug-likeness (QED) is 0.773. The lowest BCUT2D eigenvalue weighted by atomic mass is 9.97. The second-order valence-corrected chi connectivity index (χ2v) is 3.55. The molecular weight excluding hydrogens is 180 g/mol. The summed E-state index contributed by atoms with van der Waals surface area (Å²) in [5.41, 5.74) is 1.90. The van der Waals surface area contributed by atoms with Gasteiger partial charge >= 0.3 is 5.97 Å². The third-order valence-corrected chi connectivity index (χ3v) is 2.27. The Morgan fingerprint density at radius 2 is 2.14 bits per heavy atom. The van der Waals surface area contributed by atoms with Crippen molar-refractivity contribution in [1.82, 2.24) is 0 Å². The van der Waals surface area contributed by atoms with E-state index in [1.165, 1.54) is 0 Å². The monoisotopic (exact) mass is 194 g/mol. The Hall–Kier alpha value is -1.51. The predicted octanol–water partition coefficient (Wildman–Crippen LogP) is 1.96. The number of phenols is 1. The van der Waals surface area contributed by atoms with Gasteiger partial charge < -0.3 is 10.2 Å². The van der Waals surface area contributed by atoms with Crippen LogP contribution in [0.1, 0.15) is 18.1 Å². The predicted molar refractivity (Wildman–Crippen MR) is 53.3 cm³/mol. The zero-order valence-corrected chi connectivity index (χ0v) is 8.32. The fourth-order valence-corrected chi connectivity index (χ4v) is 1.33. The van der Waals surface area contributed by atoms with Crippen molar-refractivity contribution in [2.75, 3.05) is 0 Å². The molecule has 0 spiro atoms. The molecule has 3 heteroatoms. The Morgan fingerprint density at radius 3 is 2.64 bits per heavy atom. The van der Waals surface area contributed by atoms with Crippen LogP contribution in [0.2, 0.25) is 0 Å². The van der Waals surface area contributed by atoms with E-state index in [2.05, 4.69) is 0 Å². The number of aryl methyl sites for hydroxylation is 1. The zero-order chi connectivity index (χ0) is 10.7. The molecule has 2 N–H and O–H groups in total. The van der Waals surface area contributed by atoms with E-state index < -0.39 is 11.9 Å². The molecule has 1 aromatic rings. The van der Waals surface area contributed by atoms with E-state index in [9.17, 15) is 4.79 Å². The van der Waals surface area contributed by atoms with Crippen molar-refractivity contribution in [1.29, 1.82) is 0 Å². The van der Waals surface area contributed by atoms with Gasteiger partial charge in [0.05, 0.1) is 5.92 Å². The first kappa shape index (κ1) is 10.6. The van der Waals surface area contributed by atoms with Crippen molar-refractivity contribution >= 4 is 5.97 Å². The molecule has 3 nitrogen and oxygen atoms in total. The molecule has 1 aromatic carbocycles. The fourth-order valence-electron chi connectivity index (χ4n) is 1.33. The molecule has 0 radical (unpaired) electrons. The molecule has 1 atom stereocenters. The Morgan fingerprint density at radius 1 is 1.50 bits per heavy atom. The molecule has 0 fully saturated rings. The van der Waals surface area contributed by atoms with E-state index in [0.29, 0.717) is 6.42 Å². The van der Waals surface area contributed by atoms with Crippen LogP contribution in [-0.4, -0.2) is 16.2 Å². The Balaban J connectivity index is 2.82. The molecule has 14 heavy (non-hydrogen) atoms. The molecule has 0 saturated heterocycles. The molecule has 0 saturated carbocycles. The van der Waals surface area contributed by atoms with Crippen LogP contribution in [0, 0.1) is 12.8 Å². The van der Waals surface area contributed by atoms with Crippen LogP contribution in [0.4, 0.5) is 0 Å². The van der Waals surface area contributed by atoms with Gasteiger partial charge in [0.2, 0.25) is 0 Å². The molecule has 0 aliphatic heterocycles. The van der Waals surface area contributed by atoms with Gasteiger partial charge in [-0.25, -0.2) is 0 Å². The minimum absolute atomic E-state index is 0.217. The van der Waals surface area contributed by atoms with Gasteiger partial charge in [0, 0.05) is 0 Å². The Bertz CT molecular complexity index is 344. The number of hydrogen-bond acceptors (Lipinski definition) is 2. The highest BCUT2D eigenvalue weighted by Gasteiger charge is 2.12. The fraction of sp³-hybridized carbons (Fsp3) is 0.364. The van der Waals surface area contributed by atoms with Crippen molar-refractivity contribution in [3.8, 4) is 5.75 Å². The van der Waals surface area contributed by atoms with Gasteiger partial charge in [-0.15, -0.1) is 0 Å². The van der Waals surface area contributed by atoms with Gasteiger partial charge in [-0.1, -0.05) is 13.0 Å². The lowest BCUT2D eigenvalue weighted by molar-refractivity contribution is -0.141. The van der Waals surface area contributed by atoms with Crippen molar-refractivity contribution in [2.24, 2.45) is 5.92 Å². The summed E-state index contributed by atoms with van der Waals surface area (Å²) in [7, 11) is 0. The van der Waals surface area contributed by atoms with E-state index in [-0.39, 0.29) is 5.75 Å². The second kappa shape index (κ2) is 4.13. The average molecular weight is 194 g/mol. The largest absolute Gasteiger partial charge is 0.508 e. The normalized spacial score (nSPS) is 12.4. The minimum atomic E-state index is -0.794. The van der Waals surface area contributed by atoms with E-state index in [1.54, 1.807) is 25.1 Å². The highest BCUT2D eigenvalue weighted by atomic mass is 16.4. The average Bonchev–Trinajstić information content (AvgIpc) is 2.09. The van der Waals surface area contributed by atoms with Gasteiger partial charge in [0.1, 0.15) is 5.75 Å². The molecular formula is C11H14O3. The third-order valence-electron chi connectivity index (χ3n) is 2.27. The standard InChI is InChI=1S/C11H14O3/c1-7-6-10(12)4-3-9(7)5-8(2)11(13)14/h3-4,6,8,12H,5H2,1-2H3,(H,13,14). The number of carboxylic acids is 1. The number of aromatic hydroxyl groups is 1. The summed E-state index contributed by atoms with van der Waals surface area (Å²) in [6.07, 6.45) is 0.501. The Kier molecular flexibility index (Phi) is 3.12. The first-order valence-corrected chi connectivity index (χ1v) is 4.52. The van der Waals surface area contributed by atoms with Crippen molar-refractivity contribution in [2.45, 2.75) is 20.3 Å². The van der Waals surface area contributed by atoms with Crippen LogP contribution in [0.5, 0.6) is 5.75 Å². The van der Waals surface area contributed by atoms with Crippen LogP contribution in [-0.2, 0) is 11.2 Å². The van der Waals surface area contributed by atoms with Crippen molar-refractivity contribution in [3.05, 3.63) is 29.3 Å². The molecule has 0 aliphatic carbocycles. The molecule has 1 unspecified atom stereocenters. The molecule has 1 rings (SSSR count). The SMILES string of the molecule is Cc1cc(O)ccc1CC(C)C(=O)O. The number of hydrogen-bond donors (Lipinski definition) is 2. The summed E-state index contributed by atoms with van der Waals surface area (Å²) in [5.74, 6) is -0.968. The maximum Gasteiger partial charge on any atom is 0.306 e. The molecule has 76 valence electrons. The smallest absolute Gasteiger partial charge is 0.306 e. The van der Waals surface area contributed by atoms with Crippen LogP contribution in [0.15, 0.2) is 18.2 Å². The van der Waals surface area contributed by atoms with Crippen molar-refractivity contribution in [3.63, 3.8) is 0 Å². The van der Waals surface area contributed by atoms with E-state index in [0.717, 1.165) is 11.1 Å². The summed E-state index contributed by atoms with van der Waals surface area (Å²) >= 11 is 0. The van der Waals surface area contributed by atoms with E-state index in [1.807, 2.05) is 6.92 Å². The highest BCUT2D eigenvalue weighted by Crippen LogP contribution is 2.18. The number of phenolic OH excluding ortho intramolecular Hbond substituents is 1. The molecule has 0 bridgehead atoms. The molecule has 0 aliphatic rings. The van der Waals surface area contributed by atoms with Gasteiger partial charge in [-0.3, -0.25) is 4.79 Å². The van der Waals surface area contributed by atoms with Crippen LogP contribution >= 0.6 is 0 Å². The lowest BCUT2D eigenvalue weighted by Gasteiger charge is -2.09. The summed E-state index contributed by atoms with van der Waals surface area (Å²) < 4.78 is 0. The zero-order valence-electron chi connectivity index (χ0n) is 8.32. The van der Waals surface area contributed by atoms with Gasteiger partial charge in [0.15, 0.2) is 0 Å². The first-order valence-electron chi connectivity index (χ1n) is 4.52. The Labute approximate surface area is 83.0 Å². The third kappa shape index (κ3) is 2.49. The summed E-state index contributed by atoms with van der Waals surface area (Å²) in [6.45, 7) is 3.54. The van der Waals surface area contributed by atoms with Crippen molar-refractivity contribution < 1.29 is 15.0 Å². The number of aliphatic carboxylic acids is 1. The topological polar surface area (TPSA) is 57.5 Å². The number of carboxylic acid groups (broad SMARTS) is 1. The van der Waals surface area contributed by atoms with Crippen LogP contribution in [0.3, 0.4) is 0 Å². The maximum absolute atomic E-state index is 10.6. The van der Waals surface area contributed by atoms with Crippen LogP contribution in [0.25, 0.3) is 0 Å². The second-order valence-electron chi connectivity index (χ2n) is 3.55. The van der Waals surface area contributed by atoms with Crippen LogP contribution < -0.4 is 0 Å². The van der Waals surface area contributed by atoms with Gasteiger partial charge in [-0.2, -0.15) is 0 Å².